The molecule has 0 spiro atoms. The van der Waals surface area contributed by atoms with Crippen molar-refractivity contribution < 1.29 is 9.59 Å². The van der Waals surface area contributed by atoms with Gasteiger partial charge in [-0.1, -0.05) is 11.6 Å². The lowest BCUT2D eigenvalue weighted by atomic mass is 10.1. The fourth-order valence-corrected chi connectivity index (χ4v) is 2.65. The van der Waals surface area contributed by atoms with Crippen molar-refractivity contribution in [3.05, 3.63) is 33.7 Å². The molecule has 2 aromatic heterocycles. The lowest BCUT2D eigenvalue weighted by Gasteiger charge is -2.10. The average molecular weight is 313 g/mol. The van der Waals surface area contributed by atoms with Crippen molar-refractivity contribution in [2.24, 2.45) is 0 Å². The van der Waals surface area contributed by atoms with Crippen LogP contribution in [0.25, 0.3) is 0 Å². The number of rotatable bonds is 5. The Bertz CT molecular complexity index is 596. The average Bonchev–Trinajstić information content (AvgIpc) is 3.06. The van der Waals surface area contributed by atoms with E-state index in [2.05, 4.69) is 20.8 Å². The predicted octanol–water partition coefficient (Wildman–Crippen LogP) is 1.98. The number of halogens is 1. The first-order chi connectivity index (χ1) is 9.56. The highest BCUT2D eigenvalue weighted by atomic mass is 35.5. The molecule has 0 unspecified atom stereocenters. The van der Waals surface area contributed by atoms with E-state index in [9.17, 15) is 9.59 Å². The topological polar surface area (TPSA) is 86.9 Å². The molecule has 0 aliphatic carbocycles. The predicted molar refractivity (Wildman–Crippen MR) is 78.0 cm³/mol. The molecule has 0 aliphatic rings. The zero-order valence-corrected chi connectivity index (χ0v) is 12.2. The first kappa shape index (κ1) is 14.5. The molecule has 106 valence electrons. The highest BCUT2D eigenvalue weighted by Crippen LogP contribution is 2.27. The molecule has 0 bridgehead atoms. The van der Waals surface area contributed by atoms with Crippen LogP contribution in [-0.4, -0.2) is 28.6 Å². The third-order valence-corrected chi connectivity index (χ3v) is 4.03. The Balaban J connectivity index is 1.81. The van der Waals surface area contributed by atoms with E-state index in [1.165, 1.54) is 17.5 Å². The highest BCUT2D eigenvalue weighted by molar-refractivity contribution is 7.16. The van der Waals surface area contributed by atoms with E-state index in [0.29, 0.717) is 10.0 Å². The molecule has 0 saturated carbocycles. The van der Waals surface area contributed by atoms with Crippen molar-refractivity contribution >= 4 is 40.4 Å². The minimum Gasteiger partial charge on any atom is -0.346 e. The number of anilines is 1. The highest BCUT2D eigenvalue weighted by Gasteiger charge is 2.17. The van der Waals surface area contributed by atoms with Gasteiger partial charge in [-0.05, 0) is 19.1 Å². The van der Waals surface area contributed by atoms with Crippen LogP contribution in [0.2, 0.25) is 4.34 Å². The van der Waals surface area contributed by atoms with Gasteiger partial charge in [0.25, 0.3) is 0 Å². The Hall–Kier alpha value is -1.86. The molecule has 3 N–H and O–H groups in total. The van der Waals surface area contributed by atoms with Gasteiger partial charge in [-0.15, -0.1) is 11.3 Å². The number of thiophene rings is 1. The van der Waals surface area contributed by atoms with Gasteiger partial charge in [0, 0.05) is 11.1 Å². The normalized spacial score (nSPS) is 11.9. The van der Waals surface area contributed by atoms with Crippen LogP contribution in [0.3, 0.4) is 0 Å². The van der Waals surface area contributed by atoms with Gasteiger partial charge in [-0.25, -0.2) is 0 Å². The summed E-state index contributed by atoms with van der Waals surface area (Å²) in [5.41, 5.74) is 0.558. The summed E-state index contributed by atoms with van der Waals surface area (Å²) in [6.45, 7) is 1.68. The smallest absolute Gasteiger partial charge is 0.243 e. The SMILES string of the molecule is C[C@@H](C(=O)NCC(=O)Nc1cn[nH]c1)c1ccc(Cl)s1. The standard InChI is InChI=1S/C12H13ClN4O2S/c1-7(9-2-3-10(13)20-9)12(19)14-6-11(18)17-8-4-15-16-5-8/h2-5,7H,6H2,1H3,(H,14,19)(H,15,16)(H,17,18)/t7-/m1/s1. The summed E-state index contributed by atoms with van der Waals surface area (Å²) in [4.78, 5) is 24.4. The second kappa shape index (κ2) is 6.53. The molecule has 2 aromatic rings. The summed E-state index contributed by atoms with van der Waals surface area (Å²) in [6, 6.07) is 3.56. The Morgan fingerprint density at radius 2 is 2.30 bits per heavy atom. The van der Waals surface area contributed by atoms with Crippen molar-refractivity contribution in [2.45, 2.75) is 12.8 Å². The van der Waals surface area contributed by atoms with Crippen molar-refractivity contribution in [2.75, 3.05) is 11.9 Å². The van der Waals surface area contributed by atoms with Crippen molar-refractivity contribution in [1.82, 2.24) is 15.5 Å². The molecule has 0 aromatic carbocycles. The maximum absolute atomic E-state index is 11.9. The summed E-state index contributed by atoms with van der Waals surface area (Å²) in [6.07, 6.45) is 3.03. The molecule has 0 aliphatic heterocycles. The van der Waals surface area contributed by atoms with Crippen LogP contribution in [0.15, 0.2) is 24.5 Å². The van der Waals surface area contributed by atoms with Crippen LogP contribution < -0.4 is 10.6 Å². The molecule has 0 fully saturated rings. The van der Waals surface area contributed by atoms with E-state index >= 15 is 0 Å². The molecule has 20 heavy (non-hydrogen) atoms. The van der Waals surface area contributed by atoms with Gasteiger partial charge in [-0.3, -0.25) is 14.7 Å². The van der Waals surface area contributed by atoms with Crippen molar-refractivity contribution in [3.63, 3.8) is 0 Å². The molecule has 2 heterocycles. The Kier molecular flexibility index (Phi) is 4.75. The number of hydrogen-bond acceptors (Lipinski definition) is 4. The molecule has 0 radical (unpaired) electrons. The van der Waals surface area contributed by atoms with Crippen LogP contribution >= 0.6 is 22.9 Å². The molecule has 6 nitrogen and oxygen atoms in total. The number of nitrogens with one attached hydrogen (secondary N) is 3. The van der Waals surface area contributed by atoms with Gasteiger partial charge in [-0.2, -0.15) is 5.10 Å². The van der Waals surface area contributed by atoms with Gasteiger partial charge < -0.3 is 10.6 Å². The van der Waals surface area contributed by atoms with E-state index in [4.69, 9.17) is 11.6 Å². The van der Waals surface area contributed by atoms with Crippen LogP contribution in [0.1, 0.15) is 17.7 Å². The molecule has 2 amide bonds. The zero-order chi connectivity index (χ0) is 14.5. The first-order valence-corrected chi connectivity index (χ1v) is 7.07. The fraction of sp³-hybridized carbons (Fsp3) is 0.250. The van der Waals surface area contributed by atoms with Crippen LogP contribution in [-0.2, 0) is 9.59 Å². The molecule has 1 atom stereocenters. The van der Waals surface area contributed by atoms with Crippen LogP contribution in [0, 0.1) is 0 Å². The van der Waals surface area contributed by atoms with E-state index in [0.717, 1.165) is 4.88 Å². The maximum Gasteiger partial charge on any atom is 0.243 e. The quantitative estimate of drug-likeness (QED) is 0.789. The lowest BCUT2D eigenvalue weighted by molar-refractivity contribution is -0.124. The van der Waals surface area contributed by atoms with Crippen LogP contribution in [0.4, 0.5) is 5.69 Å². The van der Waals surface area contributed by atoms with Crippen molar-refractivity contribution in [3.8, 4) is 0 Å². The van der Waals surface area contributed by atoms with Gasteiger partial charge in [0.15, 0.2) is 0 Å². The van der Waals surface area contributed by atoms with Gasteiger partial charge in [0.2, 0.25) is 11.8 Å². The number of aromatic nitrogens is 2. The van der Waals surface area contributed by atoms with E-state index in [1.54, 1.807) is 19.2 Å². The second-order valence-electron chi connectivity index (χ2n) is 4.12. The third-order valence-electron chi connectivity index (χ3n) is 2.62. The summed E-state index contributed by atoms with van der Waals surface area (Å²) in [7, 11) is 0. The maximum atomic E-state index is 11.9. The number of carbonyl (C=O) groups is 2. The largest absolute Gasteiger partial charge is 0.346 e. The summed E-state index contributed by atoms with van der Waals surface area (Å²) >= 11 is 7.18. The Labute approximate surface area is 124 Å². The lowest BCUT2D eigenvalue weighted by Crippen LogP contribution is -2.35. The molecule has 2 rings (SSSR count). The van der Waals surface area contributed by atoms with Gasteiger partial charge in [0.1, 0.15) is 0 Å². The minimum atomic E-state index is -0.339. The number of H-pyrrole nitrogens is 1. The molecular formula is C12H13ClN4O2S. The number of amides is 2. The zero-order valence-electron chi connectivity index (χ0n) is 10.6. The van der Waals surface area contributed by atoms with E-state index < -0.39 is 0 Å². The fourth-order valence-electron chi connectivity index (χ4n) is 1.54. The summed E-state index contributed by atoms with van der Waals surface area (Å²) < 4.78 is 0.636. The number of nitrogens with zero attached hydrogens (tertiary/aromatic N) is 1. The Morgan fingerprint density at radius 3 is 2.90 bits per heavy atom. The molecule has 8 heteroatoms. The first-order valence-electron chi connectivity index (χ1n) is 5.88. The van der Waals surface area contributed by atoms with Crippen LogP contribution in [0.5, 0.6) is 0 Å². The molecular weight excluding hydrogens is 300 g/mol. The number of aromatic amines is 1. The minimum absolute atomic E-state index is 0.0898. The van der Waals surface area contributed by atoms with Crippen molar-refractivity contribution in [1.29, 1.82) is 0 Å². The summed E-state index contributed by atoms with van der Waals surface area (Å²) in [5.74, 6) is -0.865. The van der Waals surface area contributed by atoms with Gasteiger partial charge in [0.05, 0.1) is 28.7 Å². The van der Waals surface area contributed by atoms with E-state index in [1.807, 2.05) is 6.07 Å². The Morgan fingerprint density at radius 1 is 1.50 bits per heavy atom. The monoisotopic (exact) mass is 312 g/mol. The number of hydrogen-bond donors (Lipinski definition) is 3. The number of carbonyl (C=O) groups excluding carboxylic acids is 2. The summed E-state index contributed by atoms with van der Waals surface area (Å²) in [5, 5.41) is 11.5. The van der Waals surface area contributed by atoms with E-state index in [-0.39, 0.29) is 24.3 Å². The molecule has 0 saturated heterocycles. The second-order valence-corrected chi connectivity index (χ2v) is 5.86. The third kappa shape index (κ3) is 3.82. The van der Waals surface area contributed by atoms with Gasteiger partial charge >= 0.3 is 0 Å².